The monoisotopic (exact) mass is 318 g/mol. The van der Waals surface area contributed by atoms with Gasteiger partial charge < -0.3 is 10.2 Å². The summed E-state index contributed by atoms with van der Waals surface area (Å²) < 4.78 is 38.4. The Bertz CT molecular complexity index is 521. The highest BCUT2D eigenvalue weighted by Crippen LogP contribution is 2.43. The van der Waals surface area contributed by atoms with E-state index in [1.165, 1.54) is 17.8 Å². The summed E-state index contributed by atoms with van der Waals surface area (Å²) in [5.41, 5.74) is -0.162. The van der Waals surface area contributed by atoms with Crippen LogP contribution in [0.3, 0.4) is 0 Å². The standard InChI is InChI=1S/C14H17F3N2OS/c1-9-12(20)19(7-6-18-2)13(21-9)10-4-3-5-11(8-10)14(15,16)17/h3-5,8-9,13,18H,6-7H2,1-2H3/t9-,13-/m1/s1. The van der Waals surface area contributed by atoms with Crippen molar-refractivity contribution in [2.45, 2.75) is 23.7 Å². The molecule has 0 radical (unpaired) electrons. The molecule has 2 rings (SSSR count). The molecule has 0 saturated carbocycles. The van der Waals surface area contributed by atoms with E-state index in [1.807, 2.05) is 0 Å². The van der Waals surface area contributed by atoms with E-state index in [2.05, 4.69) is 5.32 Å². The smallest absolute Gasteiger partial charge is 0.324 e. The molecule has 0 spiro atoms. The predicted octanol–water partition coefficient (Wildman–Crippen LogP) is 2.89. The van der Waals surface area contributed by atoms with Gasteiger partial charge in [0, 0.05) is 13.1 Å². The van der Waals surface area contributed by atoms with Crippen molar-refractivity contribution in [1.29, 1.82) is 0 Å². The van der Waals surface area contributed by atoms with Crippen LogP contribution < -0.4 is 5.32 Å². The molecule has 116 valence electrons. The average Bonchev–Trinajstić information content (AvgIpc) is 2.72. The molecular weight excluding hydrogens is 301 g/mol. The van der Waals surface area contributed by atoms with Gasteiger partial charge in [-0.25, -0.2) is 0 Å². The second kappa shape index (κ2) is 6.27. The Kier molecular flexibility index (Phi) is 4.83. The first-order chi connectivity index (χ1) is 9.84. The maximum absolute atomic E-state index is 12.8. The van der Waals surface area contributed by atoms with Crippen LogP contribution >= 0.6 is 11.8 Å². The first kappa shape index (κ1) is 16.2. The Hall–Kier alpha value is -1.21. The zero-order valence-electron chi connectivity index (χ0n) is 11.8. The molecule has 0 unspecified atom stereocenters. The van der Waals surface area contributed by atoms with E-state index < -0.39 is 11.7 Å². The van der Waals surface area contributed by atoms with E-state index in [1.54, 1.807) is 24.9 Å². The number of alkyl halides is 3. The SMILES string of the molecule is CNCCN1C(=O)[C@@H](C)S[C@@H]1c1cccc(C(F)(F)F)c1. The molecule has 0 bridgehead atoms. The van der Waals surface area contributed by atoms with Crippen molar-refractivity contribution >= 4 is 17.7 Å². The van der Waals surface area contributed by atoms with Crippen LogP contribution in [-0.2, 0) is 11.0 Å². The lowest BCUT2D eigenvalue weighted by Crippen LogP contribution is -2.35. The summed E-state index contributed by atoms with van der Waals surface area (Å²) in [6.07, 6.45) is -4.37. The van der Waals surface area contributed by atoms with Gasteiger partial charge in [0.2, 0.25) is 5.91 Å². The van der Waals surface area contributed by atoms with Crippen LogP contribution in [-0.4, -0.2) is 36.2 Å². The Morgan fingerprint density at radius 2 is 2.10 bits per heavy atom. The normalized spacial score (nSPS) is 22.9. The van der Waals surface area contributed by atoms with Crippen LogP contribution in [0.4, 0.5) is 13.2 Å². The second-order valence-corrected chi connectivity index (χ2v) is 6.31. The number of thioether (sulfide) groups is 1. The van der Waals surface area contributed by atoms with Gasteiger partial charge in [0.1, 0.15) is 5.37 Å². The van der Waals surface area contributed by atoms with Crippen LogP contribution in [0.1, 0.15) is 23.4 Å². The molecule has 2 atom stereocenters. The Morgan fingerprint density at radius 1 is 1.38 bits per heavy atom. The third-order valence-corrected chi connectivity index (χ3v) is 4.74. The van der Waals surface area contributed by atoms with E-state index in [0.29, 0.717) is 18.7 Å². The van der Waals surface area contributed by atoms with Gasteiger partial charge in [0.05, 0.1) is 10.8 Å². The first-order valence-corrected chi connectivity index (χ1v) is 7.56. The van der Waals surface area contributed by atoms with Crippen molar-refractivity contribution in [2.75, 3.05) is 20.1 Å². The minimum absolute atomic E-state index is 0.0299. The predicted molar refractivity (Wildman–Crippen MR) is 76.9 cm³/mol. The first-order valence-electron chi connectivity index (χ1n) is 6.62. The molecule has 1 N–H and O–H groups in total. The molecule has 21 heavy (non-hydrogen) atoms. The van der Waals surface area contributed by atoms with Crippen LogP contribution in [0.5, 0.6) is 0 Å². The van der Waals surface area contributed by atoms with E-state index in [-0.39, 0.29) is 16.5 Å². The summed E-state index contributed by atoms with van der Waals surface area (Å²) in [5.74, 6) is -0.0299. The minimum Gasteiger partial charge on any atom is -0.324 e. The summed E-state index contributed by atoms with van der Waals surface area (Å²) in [6.45, 7) is 2.87. The lowest BCUT2D eigenvalue weighted by molar-refractivity contribution is -0.137. The fourth-order valence-corrected chi connectivity index (χ4v) is 3.56. The zero-order chi connectivity index (χ0) is 15.6. The molecular formula is C14H17F3N2OS. The van der Waals surface area contributed by atoms with Crippen molar-refractivity contribution in [3.63, 3.8) is 0 Å². The van der Waals surface area contributed by atoms with Crippen LogP contribution in [0.25, 0.3) is 0 Å². The molecule has 0 aromatic heterocycles. The summed E-state index contributed by atoms with van der Waals surface area (Å²) in [4.78, 5) is 13.8. The van der Waals surface area contributed by atoms with Gasteiger partial charge in [-0.3, -0.25) is 4.79 Å². The van der Waals surface area contributed by atoms with Crippen molar-refractivity contribution in [3.8, 4) is 0 Å². The molecule has 1 fully saturated rings. The van der Waals surface area contributed by atoms with E-state index in [9.17, 15) is 18.0 Å². The molecule has 1 aliphatic rings. The van der Waals surface area contributed by atoms with Gasteiger partial charge in [-0.05, 0) is 31.7 Å². The number of halogens is 3. The van der Waals surface area contributed by atoms with Gasteiger partial charge >= 0.3 is 6.18 Å². The quantitative estimate of drug-likeness (QED) is 0.926. The molecule has 1 aromatic rings. The molecule has 1 aromatic carbocycles. The van der Waals surface area contributed by atoms with Crippen molar-refractivity contribution in [2.24, 2.45) is 0 Å². The summed E-state index contributed by atoms with van der Waals surface area (Å²) in [5, 5.41) is 2.36. The van der Waals surface area contributed by atoms with Gasteiger partial charge in [0.25, 0.3) is 0 Å². The fourth-order valence-electron chi connectivity index (χ4n) is 2.26. The molecule has 1 amide bonds. The number of carbonyl (C=O) groups excluding carboxylic acids is 1. The molecule has 0 aliphatic carbocycles. The van der Waals surface area contributed by atoms with E-state index >= 15 is 0 Å². The number of hydrogen-bond donors (Lipinski definition) is 1. The average molecular weight is 318 g/mol. The maximum Gasteiger partial charge on any atom is 0.416 e. The largest absolute Gasteiger partial charge is 0.416 e. The van der Waals surface area contributed by atoms with E-state index in [0.717, 1.165) is 12.1 Å². The van der Waals surface area contributed by atoms with Gasteiger partial charge in [-0.15, -0.1) is 11.8 Å². The van der Waals surface area contributed by atoms with Crippen molar-refractivity contribution in [1.82, 2.24) is 10.2 Å². The molecule has 3 nitrogen and oxygen atoms in total. The van der Waals surface area contributed by atoms with Crippen LogP contribution in [0.2, 0.25) is 0 Å². The number of carbonyl (C=O) groups is 1. The maximum atomic E-state index is 12.8. The summed E-state index contributed by atoms with van der Waals surface area (Å²) in [6, 6.07) is 5.22. The van der Waals surface area contributed by atoms with Gasteiger partial charge in [-0.1, -0.05) is 12.1 Å². The number of rotatable bonds is 4. The lowest BCUT2D eigenvalue weighted by Gasteiger charge is -2.24. The topological polar surface area (TPSA) is 32.3 Å². The number of nitrogens with one attached hydrogen (secondary N) is 1. The fraction of sp³-hybridized carbons (Fsp3) is 0.500. The highest BCUT2D eigenvalue weighted by Gasteiger charge is 2.39. The molecule has 1 heterocycles. The van der Waals surface area contributed by atoms with Gasteiger partial charge in [0.15, 0.2) is 0 Å². The third-order valence-electron chi connectivity index (χ3n) is 3.35. The summed E-state index contributed by atoms with van der Waals surface area (Å²) >= 11 is 1.39. The van der Waals surface area contributed by atoms with Crippen LogP contribution in [0, 0.1) is 0 Å². The highest BCUT2D eigenvalue weighted by molar-refractivity contribution is 8.01. The number of amides is 1. The molecule has 1 saturated heterocycles. The Morgan fingerprint density at radius 3 is 2.71 bits per heavy atom. The number of benzene rings is 1. The lowest BCUT2D eigenvalue weighted by atomic mass is 10.1. The summed E-state index contributed by atoms with van der Waals surface area (Å²) in [7, 11) is 1.77. The van der Waals surface area contributed by atoms with Crippen LogP contribution in [0.15, 0.2) is 24.3 Å². The van der Waals surface area contributed by atoms with Gasteiger partial charge in [-0.2, -0.15) is 13.2 Å². The number of likely N-dealkylation sites (N-methyl/N-ethyl adjacent to an activating group) is 1. The zero-order valence-corrected chi connectivity index (χ0v) is 12.6. The number of hydrogen-bond acceptors (Lipinski definition) is 3. The second-order valence-electron chi connectivity index (χ2n) is 4.89. The Balaban J connectivity index is 2.29. The molecule has 1 aliphatic heterocycles. The third kappa shape index (κ3) is 3.52. The Labute approximate surface area is 125 Å². The molecule has 7 heteroatoms. The van der Waals surface area contributed by atoms with E-state index in [4.69, 9.17) is 0 Å². The number of nitrogens with zero attached hydrogens (tertiary/aromatic N) is 1. The van der Waals surface area contributed by atoms with Crippen molar-refractivity contribution < 1.29 is 18.0 Å². The van der Waals surface area contributed by atoms with Crippen molar-refractivity contribution in [3.05, 3.63) is 35.4 Å². The minimum atomic E-state index is -4.37. The highest BCUT2D eigenvalue weighted by atomic mass is 32.2.